The fourth-order valence-electron chi connectivity index (χ4n) is 3.11. The number of rotatable bonds is 5. The van der Waals surface area contributed by atoms with E-state index in [2.05, 4.69) is 4.90 Å². The fraction of sp³-hybridized carbons (Fsp3) is 0.500. The van der Waals surface area contributed by atoms with E-state index in [4.69, 9.17) is 4.74 Å². The van der Waals surface area contributed by atoms with E-state index in [0.717, 1.165) is 28.7 Å². The minimum Gasteiger partial charge on any atom is -0.390 e. The van der Waals surface area contributed by atoms with Crippen molar-refractivity contribution in [3.63, 3.8) is 0 Å². The summed E-state index contributed by atoms with van der Waals surface area (Å²) in [6.45, 7) is 5.59. The first-order chi connectivity index (χ1) is 12.0. The molecule has 1 N–H and O–H groups in total. The fourth-order valence-corrected chi connectivity index (χ4v) is 4.29. The highest BCUT2D eigenvalue weighted by Gasteiger charge is 2.22. The van der Waals surface area contributed by atoms with E-state index in [0.29, 0.717) is 24.6 Å². The standard InChI is InChI=1S/C18H23FN2O3S/c1-12-15-9-13(19)3-4-16(15)25-17(12)18(23)20(2)10-14(22)11-21-5-7-24-8-6-21/h3-4,9,14,22H,5-8,10-11H2,1-2H3/t14-/m0/s1. The molecule has 3 rings (SSSR count). The third-order valence-electron chi connectivity index (χ3n) is 4.50. The minimum atomic E-state index is -0.612. The number of likely N-dealkylation sites (N-methyl/N-ethyl adjacent to an activating group) is 1. The van der Waals surface area contributed by atoms with Crippen molar-refractivity contribution in [2.24, 2.45) is 0 Å². The van der Waals surface area contributed by atoms with Crippen LogP contribution in [0.1, 0.15) is 15.2 Å². The first kappa shape index (κ1) is 18.3. The van der Waals surface area contributed by atoms with Crippen LogP contribution in [0.4, 0.5) is 4.39 Å². The van der Waals surface area contributed by atoms with Crippen molar-refractivity contribution >= 4 is 27.3 Å². The number of aliphatic hydroxyl groups excluding tert-OH is 1. The smallest absolute Gasteiger partial charge is 0.264 e. The van der Waals surface area contributed by atoms with E-state index in [-0.39, 0.29) is 18.3 Å². The predicted molar refractivity (Wildman–Crippen MR) is 96.7 cm³/mol. The number of thiophene rings is 1. The largest absolute Gasteiger partial charge is 0.390 e. The van der Waals surface area contributed by atoms with Crippen molar-refractivity contribution < 1.29 is 19.0 Å². The zero-order valence-electron chi connectivity index (χ0n) is 14.5. The second-order valence-corrected chi connectivity index (χ2v) is 7.50. The summed E-state index contributed by atoms with van der Waals surface area (Å²) in [5.41, 5.74) is 0.791. The maximum absolute atomic E-state index is 13.4. The van der Waals surface area contributed by atoms with Gasteiger partial charge in [0.2, 0.25) is 0 Å². The van der Waals surface area contributed by atoms with Crippen molar-refractivity contribution in [1.82, 2.24) is 9.80 Å². The SMILES string of the molecule is Cc1c(C(=O)N(C)C[C@H](O)CN2CCOCC2)sc2ccc(F)cc12. The number of carbonyl (C=O) groups excluding carboxylic acids is 1. The number of fused-ring (bicyclic) bond motifs is 1. The zero-order valence-corrected chi connectivity index (χ0v) is 15.3. The van der Waals surface area contributed by atoms with Crippen LogP contribution in [0.2, 0.25) is 0 Å². The van der Waals surface area contributed by atoms with Crippen LogP contribution in [0.5, 0.6) is 0 Å². The van der Waals surface area contributed by atoms with Gasteiger partial charge in [0.15, 0.2) is 0 Å². The normalized spacial score (nSPS) is 17.0. The van der Waals surface area contributed by atoms with Crippen LogP contribution in [0.3, 0.4) is 0 Å². The van der Waals surface area contributed by atoms with E-state index in [1.807, 2.05) is 6.92 Å². The molecule has 1 aromatic carbocycles. The first-order valence-electron chi connectivity index (χ1n) is 8.38. The molecule has 1 aliphatic heterocycles. The number of β-amino-alcohol motifs (C(OH)–C–C–N with tert-alkyl or cyclic N) is 1. The van der Waals surface area contributed by atoms with Crippen LogP contribution in [0, 0.1) is 12.7 Å². The average molecular weight is 366 g/mol. The number of carbonyl (C=O) groups is 1. The third kappa shape index (κ3) is 4.17. The number of ether oxygens (including phenoxy) is 1. The average Bonchev–Trinajstić information content (AvgIpc) is 2.91. The third-order valence-corrected chi connectivity index (χ3v) is 5.76. The summed E-state index contributed by atoms with van der Waals surface area (Å²) in [4.78, 5) is 17.0. The van der Waals surface area contributed by atoms with Gasteiger partial charge < -0.3 is 14.7 Å². The topological polar surface area (TPSA) is 53.0 Å². The van der Waals surface area contributed by atoms with Gasteiger partial charge in [-0.15, -0.1) is 11.3 Å². The Morgan fingerprint density at radius 2 is 2.16 bits per heavy atom. The van der Waals surface area contributed by atoms with Crippen LogP contribution in [0.25, 0.3) is 10.1 Å². The van der Waals surface area contributed by atoms with Crippen LogP contribution < -0.4 is 0 Å². The number of benzene rings is 1. The Bertz CT molecular complexity index is 758. The lowest BCUT2D eigenvalue weighted by Gasteiger charge is -2.30. The van der Waals surface area contributed by atoms with E-state index in [1.54, 1.807) is 18.0 Å². The summed E-state index contributed by atoms with van der Waals surface area (Å²) < 4.78 is 19.6. The molecule has 1 amide bonds. The lowest BCUT2D eigenvalue weighted by atomic mass is 10.1. The highest BCUT2D eigenvalue weighted by Crippen LogP contribution is 2.32. The molecule has 0 unspecified atom stereocenters. The molecule has 0 spiro atoms. The summed E-state index contributed by atoms with van der Waals surface area (Å²) >= 11 is 1.37. The second kappa shape index (κ2) is 7.78. The van der Waals surface area contributed by atoms with Crippen molar-refractivity contribution in [1.29, 1.82) is 0 Å². The lowest BCUT2D eigenvalue weighted by Crippen LogP contribution is -2.45. The van der Waals surface area contributed by atoms with Crippen molar-refractivity contribution in [3.05, 3.63) is 34.5 Å². The number of morpholine rings is 1. The summed E-state index contributed by atoms with van der Waals surface area (Å²) in [7, 11) is 1.69. The molecule has 1 fully saturated rings. The van der Waals surface area contributed by atoms with Gasteiger partial charge in [0.25, 0.3) is 5.91 Å². The molecule has 25 heavy (non-hydrogen) atoms. The first-order valence-corrected chi connectivity index (χ1v) is 9.19. The Balaban J connectivity index is 1.66. The predicted octanol–water partition coefficient (Wildman–Crippen LogP) is 2.11. The van der Waals surface area contributed by atoms with Crippen LogP contribution >= 0.6 is 11.3 Å². The van der Waals surface area contributed by atoms with Gasteiger partial charge in [-0.1, -0.05) is 0 Å². The number of aryl methyl sites for hydroxylation is 1. The van der Waals surface area contributed by atoms with Gasteiger partial charge in [-0.2, -0.15) is 0 Å². The molecule has 2 heterocycles. The molecule has 1 atom stereocenters. The molecule has 0 saturated carbocycles. The molecule has 1 aliphatic rings. The number of hydrogen-bond acceptors (Lipinski definition) is 5. The molecule has 0 aliphatic carbocycles. The molecule has 1 saturated heterocycles. The van der Waals surface area contributed by atoms with Gasteiger partial charge in [-0.25, -0.2) is 4.39 Å². The molecular formula is C18H23FN2O3S. The summed E-state index contributed by atoms with van der Waals surface area (Å²) in [5, 5.41) is 11.1. The van der Waals surface area contributed by atoms with Crippen molar-refractivity contribution in [2.75, 3.05) is 46.4 Å². The Kier molecular flexibility index (Phi) is 5.68. The molecule has 0 radical (unpaired) electrons. The Morgan fingerprint density at radius 3 is 2.88 bits per heavy atom. The van der Waals surface area contributed by atoms with Gasteiger partial charge in [0.1, 0.15) is 5.82 Å². The summed E-state index contributed by atoms with van der Waals surface area (Å²) in [6, 6.07) is 4.57. The highest BCUT2D eigenvalue weighted by molar-refractivity contribution is 7.21. The number of nitrogens with zero attached hydrogens (tertiary/aromatic N) is 2. The van der Waals surface area contributed by atoms with E-state index in [9.17, 15) is 14.3 Å². The molecule has 1 aromatic heterocycles. The number of halogens is 1. The second-order valence-electron chi connectivity index (χ2n) is 6.45. The molecule has 7 heteroatoms. The Labute approximate surface area is 150 Å². The molecule has 2 aromatic rings. The molecular weight excluding hydrogens is 343 g/mol. The Morgan fingerprint density at radius 1 is 1.44 bits per heavy atom. The van der Waals surface area contributed by atoms with Crippen LogP contribution in [-0.2, 0) is 4.74 Å². The van der Waals surface area contributed by atoms with E-state index in [1.165, 1.54) is 23.5 Å². The lowest BCUT2D eigenvalue weighted by molar-refractivity contribution is 0.00882. The van der Waals surface area contributed by atoms with Crippen LogP contribution in [0.15, 0.2) is 18.2 Å². The van der Waals surface area contributed by atoms with Crippen molar-refractivity contribution in [2.45, 2.75) is 13.0 Å². The van der Waals surface area contributed by atoms with Gasteiger partial charge in [0, 0.05) is 37.9 Å². The number of aliphatic hydroxyl groups is 1. The Hall–Kier alpha value is -1.54. The molecule has 0 bridgehead atoms. The number of amides is 1. The summed E-state index contributed by atoms with van der Waals surface area (Å²) in [6.07, 6.45) is -0.612. The number of hydrogen-bond donors (Lipinski definition) is 1. The quantitative estimate of drug-likeness (QED) is 0.881. The monoisotopic (exact) mass is 366 g/mol. The molecule has 136 valence electrons. The van der Waals surface area contributed by atoms with Gasteiger partial charge >= 0.3 is 0 Å². The maximum Gasteiger partial charge on any atom is 0.264 e. The van der Waals surface area contributed by atoms with Gasteiger partial charge in [0.05, 0.1) is 24.2 Å². The minimum absolute atomic E-state index is 0.139. The van der Waals surface area contributed by atoms with Gasteiger partial charge in [-0.3, -0.25) is 9.69 Å². The van der Waals surface area contributed by atoms with Gasteiger partial charge in [-0.05, 0) is 36.1 Å². The summed E-state index contributed by atoms with van der Waals surface area (Å²) in [5.74, 6) is -0.443. The molecule has 5 nitrogen and oxygen atoms in total. The van der Waals surface area contributed by atoms with Crippen molar-refractivity contribution in [3.8, 4) is 0 Å². The van der Waals surface area contributed by atoms with Crippen LogP contribution in [-0.4, -0.2) is 73.4 Å². The highest BCUT2D eigenvalue weighted by atomic mass is 32.1. The van der Waals surface area contributed by atoms with E-state index >= 15 is 0 Å². The zero-order chi connectivity index (χ0) is 18.0. The maximum atomic E-state index is 13.4. The van der Waals surface area contributed by atoms with E-state index < -0.39 is 6.10 Å².